The van der Waals surface area contributed by atoms with Crippen LogP contribution in [0.25, 0.3) is 5.57 Å². The van der Waals surface area contributed by atoms with Crippen LogP contribution in [0, 0.1) is 0 Å². The molecule has 0 aliphatic carbocycles. The minimum atomic E-state index is -0.619. The van der Waals surface area contributed by atoms with Crippen LogP contribution >= 0.6 is 0 Å². The summed E-state index contributed by atoms with van der Waals surface area (Å²) in [5.74, 6) is -1.01. The number of carbonyl (C=O) groups excluding carboxylic acids is 2. The molecule has 0 radical (unpaired) electrons. The summed E-state index contributed by atoms with van der Waals surface area (Å²) in [7, 11) is 1.27. The van der Waals surface area contributed by atoms with Crippen molar-refractivity contribution >= 4 is 29.4 Å². The summed E-state index contributed by atoms with van der Waals surface area (Å²) >= 11 is 0. The summed E-state index contributed by atoms with van der Waals surface area (Å²) in [6.07, 6.45) is 5.94. The molecule has 3 rings (SSSR count). The molecule has 1 aliphatic heterocycles. The number of methoxy groups -OCH3 is 1. The Hall–Kier alpha value is -3.46. The molecule has 152 valence electrons. The number of nitrogens with zero attached hydrogens (tertiary/aromatic N) is 2. The van der Waals surface area contributed by atoms with Gasteiger partial charge in [-0.2, -0.15) is 5.10 Å². The van der Waals surface area contributed by atoms with E-state index in [2.05, 4.69) is 10.4 Å². The fraction of sp³-hybridized carbons (Fsp3) is 0.300. The van der Waals surface area contributed by atoms with Gasteiger partial charge in [-0.25, -0.2) is 4.79 Å². The molecule has 5 N–H and O–H groups in total. The summed E-state index contributed by atoms with van der Waals surface area (Å²) in [6.45, 7) is 1.25. The molecular formula is C20H24N5O4+. The van der Waals surface area contributed by atoms with Crippen LogP contribution in [-0.2, 0) is 9.47 Å². The highest BCUT2D eigenvalue weighted by Gasteiger charge is 2.24. The van der Waals surface area contributed by atoms with E-state index in [1.807, 2.05) is 0 Å². The molecule has 1 amide bonds. The van der Waals surface area contributed by atoms with E-state index < -0.39 is 11.9 Å². The number of allylic oxidation sites excluding steroid dienone is 1. The van der Waals surface area contributed by atoms with Gasteiger partial charge in [0.1, 0.15) is 0 Å². The first-order valence-electron chi connectivity index (χ1n) is 9.21. The van der Waals surface area contributed by atoms with Gasteiger partial charge in [0.15, 0.2) is 11.9 Å². The predicted octanol–water partition coefficient (Wildman–Crippen LogP) is 0.403. The van der Waals surface area contributed by atoms with Crippen LogP contribution in [0.3, 0.4) is 0 Å². The molecule has 9 nitrogen and oxygen atoms in total. The molecule has 1 aromatic heterocycles. The van der Waals surface area contributed by atoms with Gasteiger partial charge in [-0.05, 0) is 30.5 Å². The smallest absolute Gasteiger partial charge is 0.360 e. The van der Waals surface area contributed by atoms with Crippen LogP contribution in [0.1, 0.15) is 45.3 Å². The van der Waals surface area contributed by atoms with Gasteiger partial charge in [0.25, 0.3) is 5.91 Å². The van der Waals surface area contributed by atoms with Crippen LogP contribution in [0.15, 0.2) is 36.7 Å². The van der Waals surface area contributed by atoms with Gasteiger partial charge in [-0.15, -0.1) is 0 Å². The first-order valence-corrected chi connectivity index (χ1v) is 9.21. The second-order valence-electron chi connectivity index (χ2n) is 6.53. The quantitative estimate of drug-likeness (QED) is 0.476. The normalized spacial score (nSPS) is 15.0. The van der Waals surface area contributed by atoms with Gasteiger partial charge >= 0.3 is 5.97 Å². The zero-order valence-corrected chi connectivity index (χ0v) is 16.1. The van der Waals surface area contributed by atoms with Crippen molar-refractivity contribution in [1.29, 1.82) is 0 Å². The second kappa shape index (κ2) is 9.16. The van der Waals surface area contributed by atoms with Gasteiger partial charge in [-0.1, -0.05) is 12.1 Å². The second-order valence-corrected chi connectivity index (χ2v) is 6.53. The Labute approximate surface area is 168 Å². The van der Waals surface area contributed by atoms with Crippen molar-refractivity contribution in [2.75, 3.05) is 25.6 Å². The molecule has 0 unspecified atom stereocenters. The molecule has 1 fully saturated rings. The third-order valence-corrected chi connectivity index (χ3v) is 4.74. The van der Waals surface area contributed by atoms with E-state index in [0.717, 1.165) is 12.8 Å². The van der Waals surface area contributed by atoms with E-state index in [-0.39, 0.29) is 11.7 Å². The fourth-order valence-corrected chi connectivity index (χ4v) is 3.15. The molecule has 1 aromatic carbocycles. The van der Waals surface area contributed by atoms with Gasteiger partial charge in [-0.3, -0.25) is 14.9 Å². The van der Waals surface area contributed by atoms with Crippen LogP contribution in [-0.4, -0.2) is 48.2 Å². The number of nitrogens with one attached hydrogen (secondary N) is 1. The topological polar surface area (TPSA) is 134 Å². The molecule has 0 saturated carbocycles. The zero-order chi connectivity index (χ0) is 20.8. The number of rotatable bonds is 6. The summed E-state index contributed by atoms with van der Waals surface area (Å²) in [6, 6.07) is 6.94. The molecule has 2 aromatic rings. The molecule has 1 saturated heterocycles. The highest BCUT2D eigenvalue weighted by atomic mass is 16.5. The maximum atomic E-state index is 12.8. The predicted molar refractivity (Wildman–Crippen MR) is 107 cm³/mol. The van der Waals surface area contributed by atoms with E-state index >= 15 is 0 Å². The van der Waals surface area contributed by atoms with Crippen LogP contribution in [0.2, 0.25) is 0 Å². The Morgan fingerprint density at radius 2 is 2.07 bits per heavy atom. The molecule has 29 heavy (non-hydrogen) atoms. The molecule has 2 heterocycles. The molecule has 0 bridgehead atoms. The van der Waals surface area contributed by atoms with Crippen molar-refractivity contribution in [2.24, 2.45) is 5.73 Å². The van der Waals surface area contributed by atoms with Crippen molar-refractivity contribution in [3.8, 4) is 0 Å². The van der Waals surface area contributed by atoms with E-state index in [0.29, 0.717) is 35.6 Å². The summed E-state index contributed by atoms with van der Waals surface area (Å²) < 4.78 is 11.9. The lowest BCUT2D eigenvalue weighted by Gasteiger charge is -2.22. The Bertz CT molecular complexity index is 944. The average Bonchev–Trinajstić information content (AvgIpc) is 3.18. The molecule has 0 spiro atoms. The number of amides is 1. The number of hydrogen-bond acceptors (Lipinski definition) is 6. The Morgan fingerprint density at radius 3 is 2.72 bits per heavy atom. The van der Waals surface area contributed by atoms with Gasteiger partial charge in [0.2, 0.25) is 0 Å². The number of carbonyl (C=O) groups is 2. The Kier molecular flexibility index (Phi) is 6.40. The van der Waals surface area contributed by atoms with Crippen LogP contribution in [0.4, 0.5) is 5.69 Å². The molecule has 1 aliphatic rings. The lowest BCUT2D eigenvalue weighted by molar-refractivity contribution is -0.103. The average molecular weight is 398 g/mol. The molecule has 9 heteroatoms. The van der Waals surface area contributed by atoms with E-state index in [9.17, 15) is 9.59 Å². The standard InChI is InChI=1S/C20H23N5O4/c1-28-20(27)18-17(12-25(24-18)16-5-7-29-8-6-16)23-19(26)14-4-2-3-13(9-14)15(10-21)11-22/h2-4,9-12,16,21H,5-8,22H2,1H3,(H,23,26)/p+1/b15-11+,21-10?. The van der Waals surface area contributed by atoms with Crippen molar-refractivity contribution in [2.45, 2.75) is 18.9 Å². The van der Waals surface area contributed by atoms with Crippen molar-refractivity contribution in [3.63, 3.8) is 0 Å². The Morgan fingerprint density at radius 1 is 1.34 bits per heavy atom. The number of hydrogen-bond donors (Lipinski definition) is 3. The molecular weight excluding hydrogens is 374 g/mol. The zero-order valence-electron chi connectivity index (χ0n) is 16.1. The van der Waals surface area contributed by atoms with Crippen molar-refractivity contribution in [1.82, 2.24) is 9.78 Å². The number of esters is 1. The fourth-order valence-electron chi connectivity index (χ4n) is 3.15. The third kappa shape index (κ3) is 4.52. The minimum absolute atomic E-state index is 0.0568. The number of nitrogens with two attached hydrogens (primary N) is 2. The van der Waals surface area contributed by atoms with Gasteiger partial charge in [0.05, 0.1) is 24.4 Å². The first-order chi connectivity index (χ1) is 14.1. The van der Waals surface area contributed by atoms with Crippen molar-refractivity contribution < 1.29 is 24.5 Å². The lowest BCUT2D eigenvalue weighted by Crippen LogP contribution is -2.30. The minimum Gasteiger partial charge on any atom is -0.464 e. The SMILES string of the molecule is COC(=O)c1nn(C2CCOCC2)cc1NC(=O)c1cccc(/C(C=[NH2+])=C/N)c1. The molecule has 0 atom stereocenters. The summed E-state index contributed by atoms with van der Waals surface area (Å²) in [5, 5.41) is 12.7. The summed E-state index contributed by atoms with van der Waals surface area (Å²) in [4.78, 5) is 25.0. The van der Waals surface area contributed by atoms with Crippen LogP contribution in [0.5, 0.6) is 0 Å². The first kappa shape index (κ1) is 20.3. The van der Waals surface area contributed by atoms with Crippen LogP contribution < -0.4 is 16.5 Å². The van der Waals surface area contributed by atoms with Crippen molar-refractivity contribution in [3.05, 3.63) is 53.5 Å². The Balaban J connectivity index is 1.87. The largest absolute Gasteiger partial charge is 0.464 e. The monoisotopic (exact) mass is 398 g/mol. The third-order valence-electron chi connectivity index (χ3n) is 4.74. The van der Waals surface area contributed by atoms with Gasteiger partial charge < -0.3 is 20.5 Å². The number of benzene rings is 1. The highest BCUT2D eigenvalue weighted by molar-refractivity contribution is 6.10. The lowest BCUT2D eigenvalue weighted by atomic mass is 10.0. The van der Waals surface area contributed by atoms with Gasteiger partial charge in [0, 0.05) is 31.2 Å². The number of aromatic nitrogens is 2. The van der Waals surface area contributed by atoms with E-state index in [4.69, 9.17) is 20.6 Å². The summed E-state index contributed by atoms with van der Waals surface area (Å²) in [5.41, 5.74) is 7.60. The highest BCUT2D eigenvalue weighted by Crippen LogP contribution is 2.25. The maximum absolute atomic E-state index is 12.8. The van der Waals surface area contributed by atoms with E-state index in [1.165, 1.54) is 19.5 Å². The number of anilines is 1. The number of ether oxygens (including phenoxy) is 2. The van der Waals surface area contributed by atoms with E-state index in [1.54, 1.807) is 35.1 Å². The maximum Gasteiger partial charge on any atom is 0.360 e.